The molecule has 0 aliphatic rings. The van der Waals surface area contributed by atoms with Crippen LogP contribution in [0, 0.1) is 0 Å². The van der Waals surface area contributed by atoms with E-state index in [2.05, 4.69) is 21.2 Å². The number of carbonyl (C=O) groups excluding carboxylic acids is 1. The van der Waals surface area contributed by atoms with E-state index in [1.165, 1.54) is 0 Å². The molecule has 0 saturated carbocycles. The molecule has 5 heteroatoms. The summed E-state index contributed by atoms with van der Waals surface area (Å²) in [4.78, 5) is 11.9. The average Bonchev–Trinajstić information content (AvgIpc) is 2.45. The normalized spacial score (nSPS) is 11.8. The van der Waals surface area contributed by atoms with Crippen LogP contribution in [0.25, 0.3) is 0 Å². The second-order valence-corrected chi connectivity index (χ2v) is 5.94. The molecule has 2 aromatic carbocycles. The zero-order valence-electron chi connectivity index (χ0n) is 11.5. The Balaban J connectivity index is 1.87. The van der Waals surface area contributed by atoms with Crippen molar-refractivity contribution in [2.45, 2.75) is 13.0 Å². The van der Waals surface area contributed by atoms with E-state index in [4.69, 9.17) is 16.3 Å². The number of nitrogens with one attached hydrogen (secondary N) is 1. The van der Waals surface area contributed by atoms with Crippen LogP contribution in [0.15, 0.2) is 53.0 Å². The molecular weight excluding hydrogens is 354 g/mol. The number of hydrogen-bond donors (Lipinski definition) is 1. The van der Waals surface area contributed by atoms with Crippen molar-refractivity contribution in [1.82, 2.24) is 5.32 Å². The van der Waals surface area contributed by atoms with Crippen molar-refractivity contribution >= 4 is 33.4 Å². The summed E-state index contributed by atoms with van der Waals surface area (Å²) in [5.74, 6) is 0.470. The zero-order chi connectivity index (χ0) is 15.2. The highest BCUT2D eigenvalue weighted by Gasteiger charge is 2.10. The molecule has 0 aliphatic heterocycles. The lowest BCUT2D eigenvalue weighted by molar-refractivity contribution is -0.123. The number of halogens is 2. The summed E-state index contributed by atoms with van der Waals surface area (Å²) >= 11 is 9.29. The smallest absolute Gasteiger partial charge is 0.258 e. The van der Waals surface area contributed by atoms with Crippen LogP contribution in [-0.4, -0.2) is 12.5 Å². The minimum Gasteiger partial charge on any atom is -0.484 e. The summed E-state index contributed by atoms with van der Waals surface area (Å²) in [6.45, 7) is 1.88. The van der Waals surface area contributed by atoms with Gasteiger partial charge in [-0.3, -0.25) is 4.79 Å². The largest absolute Gasteiger partial charge is 0.484 e. The van der Waals surface area contributed by atoms with Crippen LogP contribution in [0.4, 0.5) is 0 Å². The molecule has 3 nitrogen and oxygen atoms in total. The van der Waals surface area contributed by atoms with Gasteiger partial charge in [0.1, 0.15) is 5.75 Å². The molecule has 110 valence electrons. The fourth-order valence-corrected chi connectivity index (χ4v) is 2.43. The molecular formula is C16H15BrClNO2. The van der Waals surface area contributed by atoms with Gasteiger partial charge < -0.3 is 10.1 Å². The van der Waals surface area contributed by atoms with Gasteiger partial charge in [-0.2, -0.15) is 0 Å². The SMILES string of the molecule is CC(NC(=O)COc1cccc(Br)c1)c1cccc(Cl)c1. The van der Waals surface area contributed by atoms with Gasteiger partial charge in [-0.05, 0) is 42.8 Å². The first-order valence-electron chi connectivity index (χ1n) is 6.48. The Bertz CT molecular complexity index is 633. The van der Waals surface area contributed by atoms with Gasteiger partial charge in [0.05, 0.1) is 6.04 Å². The first kappa shape index (κ1) is 15.9. The topological polar surface area (TPSA) is 38.3 Å². The maximum absolute atomic E-state index is 11.9. The Morgan fingerprint density at radius 2 is 2.05 bits per heavy atom. The van der Waals surface area contributed by atoms with Gasteiger partial charge >= 0.3 is 0 Å². The molecule has 1 atom stereocenters. The number of amides is 1. The maximum Gasteiger partial charge on any atom is 0.258 e. The Morgan fingerprint density at radius 3 is 2.76 bits per heavy atom. The number of hydrogen-bond acceptors (Lipinski definition) is 2. The lowest BCUT2D eigenvalue weighted by atomic mass is 10.1. The molecule has 1 unspecified atom stereocenters. The van der Waals surface area contributed by atoms with Gasteiger partial charge in [0.15, 0.2) is 6.61 Å². The maximum atomic E-state index is 11.9. The first-order chi connectivity index (χ1) is 10.0. The number of rotatable bonds is 5. The molecule has 0 bridgehead atoms. The van der Waals surface area contributed by atoms with Crippen LogP contribution in [0.1, 0.15) is 18.5 Å². The van der Waals surface area contributed by atoms with Crippen molar-refractivity contribution in [3.63, 3.8) is 0 Å². The van der Waals surface area contributed by atoms with Gasteiger partial charge in [0.25, 0.3) is 5.91 Å². The van der Waals surface area contributed by atoms with Crippen molar-refractivity contribution in [3.05, 3.63) is 63.6 Å². The van der Waals surface area contributed by atoms with Gasteiger partial charge in [-0.15, -0.1) is 0 Å². The standard InChI is InChI=1S/C16H15BrClNO2/c1-11(12-4-2-6-14(18)8-12)19-16(20)10-21-15-7-3-5-13(17)9-15/h2-9,11H,10H2,1H3,(H,19,20). The highest BCUT2D eigenvalue weighted by atomic mass is 79.9. The molecule has 0 saturated heterocycles. The Labute approximate surface area is 137 Å². The van der Waals surface area contributed by atoms with E-state index in [-0.39, 0.29) is 18.6 Å². The van der Waals surface area contributed by atoms with Gasteiger partial charge in [-0.1, -0.05) is 45.7 Å². The minimum atomic E-state index is -0.178. The fourth-order valence-electron chi connectivity index (χ4n) is 1.85. The van der Waals surface area contributed by atoms with Crippen molar-refractivity contribution in [2.75, 3.05) is 6.61 Å². The fraction of sp³-hybridized carbons (Fsp3) is 0.188. The van der Waals surface area contributed by atoms with Crippen molar-refractivity contribution in [1.29, 1.82) is 0 Å². The molecule has 0 aromatic heterocycles. The van der Waals surface area contributed by atoms with Crippen LogP contribution in [0.5, 0.6) is 5.75 Å². The van der Waals surface area contributed by atoms with Crippen molar-refractivity contribution < 1.29 is 9.53 Å². The zero-order valence-corrected chi connectivity index (χ0v) is 13.8. The van der Waals surface area contributed by atoms with Crippen molar-refractivity contribution in [2.24, 2.45) is 0 Å². The molecule has 0 aliphatic carbocycles. The number of ether oxygens (including phenoxy) is 1. The predicted molar refractivity (Wildman–Crippen MR) is 87.6 cm³/mol. The van der Waals surface area contributed by atoms with Gasteiger partial charge in [-0.25, -0.2) is 0 Å². The molecule has 21 heavy (non-hydrogen) atoms. The third kappa shape index (κ3) is 5.06. The summed E-state index contributed by atoms with van der Waals surface area (Å²) in [5.41, 5.74) is 0.957. The molecule has 1 amide bonds. The van der Waals surface area contributed by atoms with Gasteiger partial charge in [0.2, 0.25) is 0 Å². The molecule has 0 spiro atoms. The quantitative estimate of drug-likeness (QED) is 0.851. The molecule has 0 fully saturated rings. The third-order valence-electron chi connectivity index (χ3n) is 2.89. The molecule has 2 aromatic rings. The monoisotopic (exact) mass is 367 g/mol. The summed E-state index contributed by atoms with van der Waals surface area (Å²) in [5, 5.41) is 3.53. The van der Waals surface area contributed by atoms with E-state index in [0.717, 1.165) is 10.0 Å². The second kappa shape index (κ2) is 7.48. The van der Waals surface area contributed by atoms with Crippen LogP contribution >= 0.6 is 27.5 Å². The summed E-state index contributed by atoms with van der Waals surface area (Å²) in [7, 11) is 0. The highest BCUT2D eigenvalue weighted by molar-refractivity contribution is 9.10. The van der Waals surface area contributed by atoms with E-state index in [1.54, 1.807) is 12.1 Å². The Morgan fingerprint density at radius 1 is 1.29 bits per heavy atom. The summed E-state index contributed by atoms with van der Waals surface area (Å²) in [6, 6.07) is 14.7. The second-order valence-electron chi connectivity index (χ2n) is 4.59. The predicted octanol–water partition coefficient (Wildman–Crippen LogP) is 4.36. The van der Waals surface area contributed by atoms with E-state index < -0.39 is 0 Å². The van der Waals surface area contributed by atoms with E-state index in [9.17, 15) is 4.79 Å². The van der Waals surface area contributed by atoms with Crippen molar-refractivity contribution in [3.8, 4) is 5.75 Å². The Hall–Kier alpha value is -1.52. The van der Waals surface area contributed by atoms with E-state index >= 15 is 0 Å². The average molecular weight is 369 g/mol. The number of benzene rings is 2. The highest BCUT2D eigenvalue weighted by Crippen LogP contribution is 2.18. The molecule has 2 rings (SSSR count). The lowest BCUT2D eigenvalue weighted by Gasteiger charge is -2.15. The van der Waals surface area contributed by atoms with Crippen LogP contribution in [0.3, 0.4) is 0 Å². The van der Waals surface area contributed by atoms with Gasteiger partial charge in [0, 0.05) is 9.50 Å². The summed E-state index contributed by atoms with van der Waals surface area (Å²) in [6.07, 6.45) is 0. The van der Waals surface area contributed by atoms with Crippen LogP contribution < -0.4 is 10.1 Å². The Kier molecular flexibility index (Phi) is 5.65. The molecule has 0 heterocycles. The van der Waals surface area contributed by atoms with E-state index in [0.29, 0.717) is 10.8 Å². The first-order valence-corrected chi connectivity index (χ1v) is 7.65. The molecule has 1 N–H and O–H groups in total. The summed E-state index contributed by atoms with van der Waals surface area (Å²) < 4.78 is 6.35. The number of carbonyl (C=O) groups is 1. The van der Waals surface area contributed by atoms with Crippen LogP contribution in [-0.2, 0) is 4.79 Å². The lowest BCUT2D eigenvalue weighted by Crippen LogP contribution is -2.31. The van der Waals surface area contributed by atoms with E-state index in [1.807, 2.05) is 43.3 Å². The minimum absolute atomic E-state index is 0.0264. The van der Waals surface area contributed by atoms with Crippen LogP contribution in [0.2, 0.25) is 5.02 Å². The molecule has 0 radical (unpaired) electrons. The third-order valence-corrected chi connectivity index (χ3v) is 3.62.